The minimum absolute atomic E-state index is 0.000325. The van der Waals surface area contributed by atoms with Gasteiger partial charge in [-0.25, -0.2) is 13.2 Å². The lowest BCUT2D eigenvalue weighted by Gasteiger charge is -2.26. The van der Waals surface area contributed by atoms with Crippen molar-refractivity contribution in [3.8, 4) is 6.07 Å². The number of nitrogens with zero attached hydrogens (tertiary/aromatic N) is 2. The fraction of sp³-hybridized carbons (Fsp3) is 0.222. The predicted octanol–water partition coefficient (Wildman–Crippen LogP) is 4.28. The first-order chi connectivity index (χ1) is 12.8. The monoisotopic (exact) mass is 426 g/mol. The molecule has 0 aliphatic rings. The number of unbranched alkanes of at least 4 members (excludes halogenated alkanes) is 1. The van der Waals surface area contributed by atoms with Gasteiger partial charge in [-0.05, 0) is 48.9 Å². The minimum atomic E-state index is -4.03. The van der Waals surface area contributed by atoms with Crippen LogP contribution in [0, 0.1) is 11.3 Å². The maximum Gasteiger partial charge on any atom is 0.340 e. The molecule has 2 rings (SSSR count). The highest BCUT2D eigenvalue weighted by Crippen LogP contribution is 2.31. The van der Waals surface area contributed by atoms with E-state index in [1.54, 1.807) is 0 Å². The van der Waals surface area contributed by atoms with Gasteiger partial charge >= 0.3 is 5.97 Å². The van der Waals surface area contributed by atoms with Gasteiger partial charge in [0.15, 0.2) is 0 Å². The minimum Gasteiger partial charge on any atom is -0.465 e. The van der Waals surface area contributed by atoms with Crippen LogP contribution in [0.1, 0.15) is 23.2 Å². The first-order valence-electron chi connectivity index (χ1n) is 7.84. The molecule has 0 unspecified atom stereocenters. The summed E-state index contributed by atoms with van der Waals surface area (Å²) >= 11 is 11.9. The van der Waals surface area contributed by atoms with Crippen LogP contribution in [0.2, 0.25) is 10.0 Å². The molecule has 0 aliphatic heterocycles. The molecule has 27 heavy (non-hydrogen) atoms. The molecule has 0 aliphatic carbocycles. The first kappa shape index (κ1) is 21.0. The van der Waals surface area contributed by atoms with Crippen LogP contribution < -0.4 is 4.31 Å². The number of anilines is 1. The van der Waals surface area contributed by atoms with Gasteiger partial charge in [-0.1, -0.05) is 23.2 Å². The Morgan fingerprint density at radius 3 is 2.37 bits per heavy atom. The molecule has 0 heterocycles. The summed E-state index contributed by atoms with van der Waals surface area (Å²) in [5.74, 6) is -0.696. The largest absolute Gasteiger partial charge is 0.465 e. The molecule has 2 aromatic rings. The van der Waals surface area contributed by atoms with Crippen molar-refractivity contribution in [1.29, 1.82) is 5.26 Å². The maximum atomic E-state index is 13.2. The summed E-state index contributed by atoms with van der Waals surface area (Å²) in [7, 11) is -2.83. The van der Waals surface area contributed by atoms with Crippen LogP contribution in [0.3, 0.4) is 0 Å². The Balaban J connectivity index is 2.62. The van der Waals surface area contributed by atoms with Gasteiger partial charge in [-0.3, -0.25) is 4.31 Å². The van der Waals surface area contributed by atoms with E-state index in [4.69, 9.17) is 33.2 Å². The Kier molecular flexibility index (Phi) is 7.08. The van der Waals surface area contributed by atoms with Crippen LogP contribution in [-0.2, 0) is 14.8 Å². The van der Waals surface area contributed by atoms with Crippen LogP contribution in [-0.4, -0.2) is 28.0 Å². The number of hydrogen-bond donors (Lipinski definition) is 0. The summed E-state index contributed by atoms with van der Waals surface area (Å²) in [4.78, 5) is 12.1. The maximum absolute atomic E-state index is 13.2. The number of hydrogen-bond acceptors (Lipinski definition) is 5. The third-order valence-corrected chi connectivity index (χ3v) is 6.00. The van der Waals surface area contributed by atoms with E-state index in [-0.39, 0.29) is 40.6 Å². The average Bonchev–Trinajstić information content (AvgIpc) is 2.64. The van der Waals surface area contributed by atoms with Crippen molar-refractivity contribution in [3.63, 3.8) is 0 Å². The number of esters is 1. The Labute approximate surface area is 167 Å². The fourth-order valence-electron chi connectivity index (χ4n) is 2.40. The third-order valence-electron chi connectivity index (χ3n) is 3.69. The second-order valence-electron chi connectivity index (χ2n) is 5.45. The first-order valence-corrected chi connectivity index (χ1v) is 10.0. The van der Waals surface area contributed by atoms with E-state index in [2.05, 4.69) is 0 Å². The second-order valence-corrected chi connectivity index (χ2v) is 8.18. The molecule has 0 fully saturated rings. The van der Waals surface area contributed by atoms with Crippen molar-refractivity contribution in [2.24, 2.45) is 0 Å². The summed E-state index contributed by atoms with van der Waals surface area (Å²) in [6.45, 7) is -0.0111. The number of rotatable bonds is 7. The highest BCUT2D eigenvalue weighted by atomic mass is 35.5. The number of methoxy groups -OCH3 is 1. The molecule has 0 aromatic heterocycles. The van der Waals surface area contributed by atoms with Crippen molar-refractivity contribution in [2.75, 3.05) is 18.0 Å². The van der Waals surface area contributed by atoms with Crippen LogP contribution in [0.4, 0.5) is 5.69 Å². The SMILES string of the molecule is COC(=O)c1ccc(Cl)cc1N(CCCC#N)S(=O)(=O)c1ccc(Cl)cc1. The number of halogens is 2. The van der Waals surface area contributed by atoms with Crippen molar-refractivity contribution in [3.05, 3.63) is 58.1 Å². The molecule has 0 spiro atoms. The zero-order valence-corrected chi connectivity index (χ0v) is 16.7. The normalized spacial score (nSPS) is 10.9. The molecule has 0 bridgehead atoms. The van der Waals surface area contributed by atoms with Crippen molar-refractivity contribution in [1.82, 2.24) is 0 Å². The highest BCUT2D eigenvalue weighted by molar-refractivity contribution is 7.92. The molecular formula is C18H16Cl2N2O4S. The van der Waals surface area contributed by atoms with Crippen LogP contribution in [0.5, 0.6) is 0 Å². The number of carbonyl (C=O) groups excluding carboxylic acids is 1. The summed E-state index contributed by atoms with van der Waals surface area (Å²) in [6.07, 6.45) is 0.428. The van der Waals surface area contributed by atoms with Gasteiger partial charge in [0.2, 0.25) is 0 Å². The molecule has 9 heteroatoms. The zero-order valence-electron chi connectivity index (χ0n) is 14.4. The van der Waals surface area contributed by atoms with E-state index in [0.29, 0.717) is 5.02 Å². The van der Waals surface area contributed by atoms with Crippen LogP contribution in [0.25, 0.3) is 0 Å². The molecule has 0 N–H and O–H groups in total. The highest BCUT2D eigenvalue weighted by Gasteiger charge is 2.28. The average molecular weight is 427 g/mol. The van der Waals surface area contributed by atoms with Gasteiger partial charge < -0.3 is 4.74 Å². The number of nitriles is 1. The Morgan fingerprint density at radius 2 is 1.78 bits per heavy atom. The predicted molar refractivity (Wildman–Crippen MR) is 104 cm³/mol. The zero-order chi connectivity index (χ0) is 20.0. The molecule has 142 valence electrons. The van der Waals surface area contributed by atoms with Gasteiger partial charge in [0, 0.05) is 23.0 Å². The third kappa shape index (κ3) is 4.92. The van der Waals surface area contributed by atoms with E-state index in [9.17, 15) is 13.2 Å². The van der Waals surface area contributed by atoms with Crippen LogP contribution in [0.15, 0.2) is 47.4 Å². The Morgan fingerprint density at radius 1 is 1.15 bits per heavy atom. The second kappa shape index (κ2) is 9.09. The van der Waals surface area contributed by atoms with Gasteiger partial charge in [0.05, 0.1) is 29.3 Å². The van der Waals surface area contributed by atoms with Crippen LogP contribution >= 0.6 is 23.2 Å². The Hall–Kier alpha value is -2.27. The summed E-state index contributed by atoms with van der Waals surface area (Å²) < 4.78 is 32.2. The van der Waals surface area contributed by atoms with Gasteiger partial charge in [0.25, 0.3) is 10.0 Å². The lowest BCUT2D eigenvalue weighted by molar-refractivity contribution is 0.0601. The smallest absolute Gasteiger partial charge is 0.340 e. The topological polar surface area (TPSA) is 87.5 Å². The lowest BCUT2D eigenvalue weighted by Crippen LogP contribution is -2.33. The molecule has 0 saturated carbocycles. The molecular weight excluding hydrogens is 411 g/mol. The molecule has 6 nitrogen and oxygen atoms in total. The number of benzene rings is 2. The summed E-state index contributed by atoms with van der Waals surface area (Å²) in [5, 5.41) is 9.45. The number of ether oxygens (including phenoxy) is 1. The van der Waals surface area contributed by atoms with Crippen molar-refractivity contribution >= 4 is 44.9 Å². The van der Waals surface area contributed by atoms with Gasteiger partial charge in [-0.15, -0.1) is 0 Å². The van der Waals surface area contributed by atoms with Gasteiger partial charge in [-0.2, -0.15) is 5.26 Å². The molecule has 0 saturated heterocycles. The number of carbonyl (C=O) groups is 1. The van der Waals surface area contributed by atoms with Crippen molar-refractivity contribution in [2.45, 2.75) is 17.7 Å². The molecule has 0 amide bonds. The molecule has 0 atom stereocenters. The standard InChI is InChI=1S/C18H16Cl2N2O4S/c1-26-18(23)16-9-6-14(20)12-17(16)22(11-3-2-10-21)27(24,25)15-7-4-13(19)5-8-15/h4-9,12H,2-3,11H2,1H3. The molecule has 0 radical (unpaired) electrons. The molecule has 2 aromatic carbocycles. The van der Waals surface area contributed by atoms with E-state index < -0.39 is 16.0 Å². The van der Waals surface area contributed by atoms with E-state index in [0.717, 1.165) is 4.31 Å². The van der Waals surface area contributed by atoms with E-state index in [1.807, 2.05) is 6.07 Å². The van der Waals surface area contributed by atoms with E-state index >= 15 is 0 Å². The summed E-state index contributed by atoms with van der Waals surface area (Å²) in [5.41, 5.74) is 0.138. The van der Waals surface area contributed by atoms with Crippen molar-refractivity contribution < 1.29 is 17.9 Å². The summed E-state index contributed by atoms with van der Waals surface area (Å²) in [6, 6.07) is 11.9. The fourth-order valence-corrected chi connectivity index (χ4v) is 4.21. The number of sulfonamides is 1. The Bertz CT molecular complexity index is 970. The lowest BCUT2D eigenvalue weighted by atomic mass is 10.1. The van der Waals surface area contributed by atoms with E-state index in [1.165, 1.54) is 49.6 Å². The quantitative estimate of drug-likeness (QED) is 0.486. The van der Waals surface area contributed by atoms with Gasteiger partial charge in [0.1, 0.15) is 0 Å².